The van der Waals surface area contributed by atoms with Gasteiger partial charge in [-0.3, -0.25) is 0 Å². The van der Waals surface area contributed by atoms with Gasteiger partial charge in [0.25, 0.3) is 0 Å². The number of hydrogen-bond donors (Lipinski definition) is 2. The van der Waals surface area contributed by atoms with E-state index in [1.54, 1.807) is 0 Å². The number of H-pyrrole nitrogens is 1. The first kappa shape index (κ1) is 11.5. The number of aryl methyl sites for hydroxylation is 1. The zero-order chi connectivity index (χ0) is 12.4. The maximum Gasteiger partial charge on any atom is 0.128 e. The van der Waals surface area contributed by atoms with E-state index in [1.165, 1.54) is 11.1 Å². The van der Waals surface area contributed by atoms with Crippen molar-refractivity contribution < 1.29 is 4.74 Å². The molecule has 0 atom stereocenters. The van der Waals surface area contributed by atoms with Gasteiger partial charge in [-0.15, -0.1) is 0 Å². The fourth-order valence-electron chi connectivity index (χ4n) is 2.41. The molecular formula is C14H19N3O. The van der Waals surface area contributed by atoms with E-state index >= 15 is 0 Å². The van der Waals surface area contributed by atoms with Crippen molar-refractivity contribution in [2.24, 2.45) is 0 Å². The molecule has 0 unspecified atom stereocenters. The second-order valence-electron chi connectivity index (χ2n) is 4.84. The number of anilines is 1. The van der Waals surface area contributed by atoms with E-state index in [-0.39, 0.29) is 0 Å². The first-order valence-corrected chi connectivity index (χ1v) is 6.67. The van der Waals surface area contributed by atoms with Crippen LogP contribution in [0.15, 0.2) is 18.3 Å². The van der Waals surface area contributed by atoms with Gasteiger partial charge in [0.05, 0.1) is 5.52 Å². The average Bonchev–Trinajstić information content (AvgIpc) is 2.82. The smallest absolute Gasteiger partial charge is 0.128 e. The van der Waals surface area contributed by atoms with E-state index in [9.17, 15) is 0 Å². The van der Waals surface area contributed by atoms with Gasteiger partial charge in [-0.2, -0.15) is 0 Å². The van der Waals surface area contributed by atoms with Crippen molar-refractivity contribution in [2.75, 3.05) is 18.5 Å². The van der Waals surface area contributed by atoms with Crippen molar-refractivity contribution >= 4 is 16.7 Å². The van der Waals surface area contributed by atoms with E-state index in [0.717, 1.165) is 43.8 Å². The number of pyridine rings is 1. The first-order valence-electron chi connectivity index (χ1n) is 6.67. The van der Waals surface area contributed by atoms with Crippen LogP contribution in [0.25, 0.3) is 10.9 Å². The summed E-state index contributed by atoms with van der Waals surface area (Å²) in [5.41, 5.74) is 2.42. The molecule has 1 aliphatic rings. The molecular weight excluding hydrogens is 226 g/mol. The summed E-state index contributed by atoms with van der Waals surface area (Å²) >= 11 is 0. The molecule has 0 radical (unpaired) electrons. The molecule has 0 amide bonds. The van der Waals surface area contributed by atoms with Crippen LogP contribution in [0.2, 0.25) is 0 Å². The van der Waals surface area contributed by atoms with Crippen molar-refractivity contribution in [2.45, 2.75) is 32.2 Å². The van der Waals surface area contributed by atoms with Gasteiger partial charge in [0.15, 0.2) is 0 Å². The number of nitrogens with one attached hydrogen (secondary N) is 2. The highest BCUT2D eigenvalue weighted by Crippen LogP contribution is 2.20. The van der Waals surface area contributed by atoms with Crippen LogP contribution in [0.4, 0.5) is 5.82 Å². The van der Waals surface area contributed by atoms with Gasteiger partial charge >= 0.3 is 0 Å². The summed E-state index contributed by atoms with van der Waals surface area (Å²) in [6.07, 6.45) is 5.08. The van der Waals surface area contributed by atoms with Gasteiger partial charge in [0.1, 0.15) is 5.82 Å². The van der Waals surface area contributed by atoms with Gasteiger partial charge in [-0.05, 0) is 25.3 Å². The van der Waals surface area contributed by atoms with Crippen LogP contribution < -0.4 is 5.32 Å². The van der Waals surface area contributed by atoms with Crippen molar-refractivity contribution in [3.05, 3.63) is 24.0 Å². The summed E-state index contributed by atoms with van der Waals surface area (Å²) in [6, 6.07) is 4.76. The van der Waals surface area contributed by atoms with Gasteiger partial charge < -0.3 is 15.0 Å². The number of ether oxygens (including phenoxy) is 1. The van der Waals surface area contributed by atoms with Crippen LogP contribution >= 0.6 is 0 Å². The quantitative estimate of drug-likeness (QED) is 0.874. The lowest BCUT2D eigenvalue weighted by molar-refractivity contribution is 0.0904. The lowest BCUT2D eigenvalue weighted by atomic mass is 10.1. The Hall–Kier alpha value is -1.55. The monoisotopic (exact) mass is 245 g/mol. The molecule has 4 heteroatoms. The summed E-state index contributed by atoms with van der Waals surface area (Å²) in [4.78, 5) is 7.89. The van der Waals surface area contributed by atoms with Crippen LogP contribution in [0, 0.1) is 0 Å². The van der Waals surface area contributed by atoms with Crippen LogP contribution in [0.5, 0.6) is 0 Å². The number of aromatic nitrogens is 2. The zero-order valence-corrected chi connectivity index (χ0v) is 10.7. The second-order valence-corrected chi connectivity index (χ2v) is 4.84. The fraction of sp³-hybridized carbons (Fsp3) is 0.500. The maximum atomic E-state index is 5.36. The van der Waals surface area contributed by atoms with E-state index in [4.69, 9.17) is 4.74 Å². The van der Waals surface area contributed by atoms with E-state index in [0.29, 0.717) is 6.04 Å². The fourth-order valence-corrected chi connectivity index (χ4v) is 2.41. The Kier molecular flexibility index (Phi) is 3.19. The molecule has 1 saturated heterocycles. The maximum absolute atomic E-state index is 5.36. The third kappa shape index (κ3) is 2.34. The molecule has 96 valence electrons. The van der Waals surface area contributed by atoms with Crippen molar-refractivity contribution in [1.29, 1.82) is 0 Å². The van der Waals surface area contributed by atoms with Gasteiger partial charge in [0.2, 0.25) is 0 Å². The molecule has 3 rings (SSSR count). The van der Waals surface area contributed by atoms with Gasteiger partial charge in [0, 0.05) is 42.6 Å². The molecule has 2 aromatic heterocycles. The second kappa shape index (κ2) is 4.98. The third-order valence-electron chi connectivity index (χ3n) is 3.51. The molecule has 2 N–H and O–H groups in total. The minimum absolute atomic E-state index is 0.490. The topological polar surface area (TPSA) is 49.9 Å². The summed E-state index contributed by atoms with van der Waals surface area (Å²) in [5, 5.41) is 4.67. The Morgan fingerprint density at radius 2 is 2.22 bits per heavy atom. The highest BCUT2D eigenvalue weighted by atomic mass is 16.5. The molecule has 2 aromatic rings. The summed E-state index contributed by atoms with van der Waals surface area (Å²) in [5.74, 6) is 0.957. The standard InChI is InChI=1S/C14H19N3O/c1-2-11-7-10-9-15-14(8-13(10)16-11)17-12-3-5-18-6-4-12/h7-9,12,16H,2-6H2,1H3,(H,15,17). The van der Waals surface area contributed by atoms with Crippen LogP contribution in [0.3, 0.4) is 0 Å². The van der Waals surface area contributed by atoms with Crippen LogP contribution in [-0.2, 0) is 11.2 Å². The molecule has 1 aliphatic heterocycles. The largest absolute Gasteiger partial charge is 0.381 e. The molecule has 3 heterocycles. The minimum atomic E-state index is 0.490. The molecule has 0 aliphatic carbocycles. The van der Waals surface area contributed by atoms with Gasteiger partial charge in [-0.25, -0.2) is 4.98 Å². The minimum Gasteiger partial charge on any atom is -0.381 e. The lowest BCUT2D eigenvalue weighted by Gasteiger charge is -2.23. The summed E-state index contributed by atoms with van der Waals surface area (Å²) in [7, 11) is 0. The van der Waals surface area contributed by atoms with E-state index in [1.807, 2.05) is 6.20 Å². The first-order chi connectivity index (χ1) is 8.85. The number of nitrogens with zero attached hydrogens (tertiary/aromatic N) is 1. The normalized spacial score (nSPS) is 17.2. The molecule has 18 heavy (non-hydrogen) atoms. The molecule has 4 nitrogen and oxygen atoms in total. The number of fused-ring (bicyclic) bond motifs is 1. The van der Waals surface area contributed by atoms with Crippen molar-refractivity contribution in [3.63, 3.8) is 0 Å². The Bertz CT molecular complexity index is 529. The molecule has 0 aromatic carbocycles. The van der Waals surface area contributed by atoms with Crippen LogP contribution in [0.1, 0.15) is 25.5 Å². The molecule has 0 saturated carbocycles. The summed E-state index contributed by atoms with van der Waals surface area (Å²) in [6.45, 7) is 3.85. The number of aromatic amines is 1. The van der Waals surface area contributed by atoms with E-state index in [2.05, 4.69) is 34.3 Å². The van der Waals surface area contributed by atoms with Crippen molar-refractivity contribution in [3.8, 4) is 0 Å². The molecule has 1 fully saturated rings. The Morgan fingerprint density at radius 3 is 3.00 bits per heavy atom. The van der Waals surface area contributed by atoms with Crippen molar-refractivity contribution in [1.82, 2.24) is 9.97 Å². The zero-order valence-electron chi connectivity index (χ0n) is 10.7. The summed E-state index contributed by atoms with van der Waals surface area (Å²) < 4.78 is 5.36. The third-order valence-corrected chi connectivity index (χ3v) is 3.51. The highest BCUT2D eigenvalue weighted by molar-refractivity contribution is 5.81. The number of rotatable bonds is 3. The Balaban J connectivity index is 1.79. The number of hydrogen-bond acceptors (Lipinski definition) is 3. The van der Waals surface area contributed by atoms with Gasteiger partial charge in [-0.1, -0.05) is 6.92 Å². The van der Waals surface area contributed by atoms with E-state index < -0.39 is 0 Å². The molecule has 0 spiro atoms. The highest BCUT2D eigenvalue weighted by Gasteiger charge is 2.14. The average molecular weight is 245 g/mol. The predicted octanol–water partition coefficient (Wildman–Crippen LogP) is 2.72. The Labute approximate surface area is 107 Å². The predicted molar refractivity (Wildman–Crippen MR) is 72.9 cm³/mol. The molecule has 0 bridgehead atoms. The lowest BCUT2D eigenvalue weighted by Crippen LogP contribution is -2.28. The SMILES string of the molecule is CCc1cc2cnc(NC3CCOCC3)cc2[nH]1. The van der Waals surface area contributed by atoms with Crippen LogP contribution in [-0.4, -0.2) is 29.2 Å². The Morgan fingerprint density at radius 1 is 1.39 bits per heavy atom.